The summed E-state index contributed by atoms with van der Waals surface area (Å²) in [7, 11) is 0. The summed E-state index contributed by atoms with van der Waals surface area (Å²) >= 11 is 0. The van der Waals surface area contributed by atoms with Gasteiger partial charge >= 0.3 is 0 Å². The average Bonchev–Trinajstić information content (AvgIpc) is 2.80. The normalized spacial score (nSPS) is 46.4. The highest BCUT2D eigenvalue weighted by Crippen LogP contribution is 2.44. The summed E-state index contributed by atoms with van der Waals surface area (Å²) in [6.45, 7) is 7.13. The van der Waals surface area contributed by atoms with E-state index in [4.69, 9.17) is 23.7 Å². The molecule has 7 nitrogen and oxygen atoms in total. The molecule has 3 aliphatic rings. The van der Waals surface area contributed by atoms with E-state index in [2.05, 4.69) is 0 Å². The predicted molar refractivity (Wildman–Crippen MR) is 60.8 cm³/mol. The van der Waals surface area contributed by atoms with E-state index in [1.807, 2.05) is 0 Å². The summed E-state index contributed by atoms with van der Waals surface area (Å²) in [5.41, 5.74) is 0. The van der Waals surface area contributed by atoms with Crippen LogP contribution in [0.15, 0.2) is 0 Å². The van der Waals surface area contributed by atoms with Gasteiger partial charge in [-0.15, -0.1) is 0 Å². The summed E-state index contributed by atoms with van der Waals surface area (Å²) in [6, 6.07) is 0. The number of fused-ring (bicyclic) bond motifs is 1. The second-order valence-electron chi connectivity index (χ2n) is 6.13. The van der Waals surface area contributed by atoms with Crippen molar-refractivity contribution in [3.05, 3.63) is 0 Å². The lowest BCUT2D eigenvalue weighted by Gasteiger charge is -2.31. The quantitative estimate of drug-likeness (QED) is 0.635. The van der Waals surface area contributed by atoms with E-state index in [9.17, 15) is 10.2 Å². The zero-order valence-corrected chi connectivity index (χ0v) is 11.5. The third-order valence-electron chi connectivity index (χ3n) is 3.54. The van der Waals surface area contributed by atoms with E-state index < -0.39 is 42.0 Å². The molecule has 0 unspecified atom stereocenters. The van der Waals surface area contributed by atoms with E-state index in [0.717, 1.165) is 0 Å². The van der Waals surface area contributed by atoms with Crippen molar-refractivity contribution in [1.82, 2.24) is 0 Å². The molecule has 3 rings (SSSR count). The van der Waals surface area contributed by atoms with Crippen LogP contribution in [0.1, 0.15) is 27.7 Å². The first-order valence-electron chi connectivity index (χ1n) is 6.38. The molecule has 3 saturated heterocycles. The van der Waals surface area contributed by atoms with Gasteiger partial charge in [-0.2, -0.15) is 0 Å². The lowest BCUT2D eigenvalue weighted by Crippen LogP contribution is -2.54. The van der Waals surface area contributed by atoms with Crippen LogP contribution in [0.2, 0.25) is 0 Å². The lowest BCUT2D eigenvalue weighted by molar-refractivity contribution is -0.297. The number of hydrogen-bond acceptors (Lipinski definition) is 7. The minimum absolute atomic E-state index is 0.226. The molecule has 3 aliphatic heterocycles. The van der Waals surface area contributed by atoms with Crippen molar-refractivity contribution in [2.45, 2.75) is 69.7 Å². The van der Waals surface area contributed by atoms with Gasteiger partial charge in [0, 0.05) is 0 Å². The predicted octanol–water partition coefficient (Wildman–Crippen LogP) is -0.305. The van der Waals surface area contributed by atoms with E-state index in [1.54, 1.807) is 27.7 Å². The first-order valence-corrected chi connectivity index (χ1v) is 6.38. The van der Waals surface area contributed by atoms with Crippen LogP contribution in [-0.2, 0) is 23.7 Å². The zero-order chi connectivity index (χ0) is 14.1. The Morgan fingerprint density at radius 3 is 2.11 bits per heavy atom. The molecular formula is C12H20O7. The average molecular weight is 276 g/mol. The second kappa shape index (κ2) is 3.88. The maximum atomic E-state index is 10.3. The van der Waals surface area contributed by atoms with Gasteiger partial charge in [-0.1, -0.05) is 0 Å². The number of rotatable bonds is 1. The van der Waals surface area contributed by atoms with Crippen LogP contribution in [0, 0.1) is 0 Å². The third kappa shape index (κ3) is 2.19. The summed E-state index contributed by atoms with van der Waals surface area (Å²) in [5, 5.41) is 20.6. The van der Waals surface area contributed by atoms with Crippen LogP contribution in [-0.4, -0.2) is 58.8 Å². The first-order chi connectivity index (χ1) is 8.61. The van der Waals surface area contributed by atoms with Gasteiger partial charge in [0.15, 0.2) is 24.0 Å². The third-order valence-corrected chi connectivity index (χ3v) is 3.54. The molecule has 0 radical (unpaired) electrons. The van der Waals surface area contributed by atoms with Crippen LogP contribution in [0.3, 0.4) is 0 Å². The Morgan fingerprint density at radius 2 is 1.58 bits per heavy atom. The summed E-state index contributed by atoms with van der Waals surface area (Å²) in [5.74, 6) is -3.83. The highest BCUT2D eigenvalue weighted by atomic mass is 16.9. The van der Waals surface area contributed by atoms with Crippen LogP contribution >= 0.6 is 0 Å². The number of hydrogen-bond donors (Lipinski definition) is 2. The van der Waals surface area contributed by atoms with Crippen molar-refractivity contribution in [2.24, 2.45) is 0 Å². The van der Waals surface area contributed by atoms with Gasteiger partial charge in [-0.3, -0.25) is 0 Å². The zero-order valence-electron chi connectivity index (χ0n) is 11.5. The number of aliphatic hydroxyl groups is 2. The van der Waals surface area contributed by atoms with Crippen molar-refractivity contribution >= 4 is 0 Å². The number of ether oxygens (including phenoxy) is 5. The fourth-order valence-corrected chi connectivity index (χ4v) is 2.75. The van der Waals surface area contributed by atoms with Crippen molar-refractivity contribution < 1.29 is 33.9 Å². The van der Waals surface area contributed by atoms with Crippen molar-refractivity contribution in [3.63, 3.8) is 0 Å². The van der Waals surface area contributed by atoms with Gasteiger partial charge in [-0.25, -0.2) is 0 Å². The highest BCUT2D eigenvalue weighted by molar-refractivity contribution is 5.02. The fraction of sp³-hybridized carbons (Fsp3) is 1.00. The SMILES string of the molecule is CC1(C)OC[C@H]([C@@H]2O[C@@H]3OC(C)(C)O[C@@H]3C2(O)O)O1. The molecule has 0 aromatic rings. The summed E-state index contributed by atoms with van der Waals surface area (Å²) in [6.07, 6.45) is -3.33. The summed E-state index contributed by atoms with van der Waals surface area (Å²) in [4.78, 5) is 0. The Bertz CT molecular complexity index is 378. The summed E-state index contributed by atoms with van der Waals surface area (Å²) < 4.78 is 27.6. The molecule has 7 heteroatoms. The van der Waals surface area contributed by atoms with Crippen molar-refractivity contribution in [1.29, 1.82) is 0 Å². The molecular weight excluding hydrogens is 256 g/mol. The first kappa shape index (κ1) is 13.7. The van der Waals surface area contributed by atoms with Crippen molar-refractivity contribution in [3.8, 4) is 0 Å². The van der Waals surface area contributed by atoms with E-state index in [1.165, 1.54) is 0 Å². The molecule has 19 heavy (non-hydrogen) atoms. The van der Waals surface area contributed by atoms with E-state index >= 15 is 0 Å². The molecule has 0 aromatic heterocycles. The van der Waals surface area contributed by atoms with Gasteiger partial charge < -0.3 is 33.9 Å². The Morgan fingerprint density at radius 1 is 0.895 bits per heavy atom. The van der Waals surface area contributed by atoms with E-state index in [-0.39, 0.29) is 6.61 Å². The fourth-order valence-electron chi connectivity index (χ4n) is 2.75. The van der Waals surface area contributed by atoms with Gasteiger partial charge in [-0.05, 0) is 27.7 Å². The smallest absolute Gasteiger partial charge is 0.225 e. The molecule has 3 fully saturated rings. The molecule has 0 bridgehead atoms. The van der Waals surface area contributed by atoms with Gasteiger partial charge in [0.25, 0.3) is 0 Å². The highest BCUT2D eigenvalue weighted by Gasteiger charge is 2.65. The van der Waals surface area contributed by atoms with Gasteiger partial charge in [0.2, 0.25) is 5.79 Å². The maximum Gasteiger partial charge on any atom is 0.225 e. The lowest BCUT2D eigenvalue weighted by atomic mass is 10.0. The Labute approximate surface area is 111 Å². The molecule has 0 spiro atoms. The van der Waals surface area contributed by atoms with Crippen LogP contribution < -0.4 is 0 Å². The topological polar surface area (TPSA) is 86.6 Å². The Hall–Kier alpha value is -0.280. The molecule has 3 heterocycles. The standard InChI is InChI=1S/C12H20O7/c1-10(2)15-5-6(17-10)7-12(13,14)8-9(16-7)19-11(3,4)18-8/h6-9,13-14H,5H2,1-4H3/t6-,7+,8+,9-/m1/s1. The molecule has 0 saturated carbocycles. The minimum atomic E-state index is -2.17. The maximum absolute atomic E-state index is 10.3. The Balaban J connectivity index is 1.77. The largest absolute Gasteiger partial charge is 0.361 e. The van der Waals surface area contributed by atoms with Gasteiger partial charge in [0.05, 0.1) is 6.61 Å². The van der Waals surface area contributed by atoms with Crippen molar-refractivity contribution in [2.75, 3.05) is 6.61 Å². The minimum Gasteiger partial charge on any atom is -0.361 e. The van der Waals surface area contributed by atoms with E-state index in [0.29, 0.717) is 0 Å². The van der Waals surface area contributed by atoms with Crippen LogP contribution in [0.4, 0.5) is 0 Å². The van der Waals surface area contributed by atoms with Crippen LogP contribution in [0.5, 0.6) is 0 Å². The molecule has 110 valence electrons. The molecule has 2 N–H and O–H groups in total. The van der Waals surface area contributed by atoms with Crippen LogP contribution in [0.25, 0.3) is 0 Å². The van der Waals surface area contributed by atoms with Gasteiger partial charge in [0.1, 0.15) is 12.2 Å². The molecule has 0 aliphatic carbocycles. The second-order valence-corrected chi connectivity index (χ2v) is 6.13. The Kier molecular flexibility index (Phi) is 2.80. The molecule has 0 aromatic carbocycles. The monoisotopic (exact) mass is 276 g/mol. The molecule has 0 amide bonds. The molecule has 4 atom stereocenters.